The SMILES string of the molecule is C=C(C)[C@@H]1CC[C@]2(C(=O)NCCO)CC[C@]3(C)C(CC[C@@H]4[C@@]5(C)CCC(OC(C)=O)[C@@](C)(COC(C)=O)[C@@H]5CC[C@]43C)[C@@H]12. The Hall–Kier alpha value is -1.89. The number of esters is 2. The minimum absolute atomic E-state index is 0.0307. The van der Waals surface area contributed by atoms with Gasteiger partial charge in [0.2, 0.25) is 5.91 Å². The zero-order valence-corrected chi connectivity index (χ0v) is 27.9. The van der Waals surface area contributed by atoms with E-state index < -0.39 is 5.41 Å². The molecule has 0 radical (unpaired) electrons. The Kier molecular flexibility index (Phi) is 8.44. The van der Waals surface area contributed by atoms with Crippen LogP contribution in [-0.2, 0) is 23.9 Å². The molecule has 11 atom stereocenters. The highest BCUT2D eigenvalue weighted by Crippen LogP contribution is 2.77. The molecule has 5 rings (SSSR count). The van der Waals surface area contributed by atoms with Crippen molar-refractivity contribution in [1.29, 1.82) is 0 Å². The predicted molar refractivity (Wildman–Crippen MR) is 166 cm³/mol. The summed E-state index contributed by atoms with van der Waals surface area (Å²) in [6.07, 6.45) is 9.71. The molecule has 0 aliphatic heterocycles. The summed E-state index contributed by atoms with van der Waals surface area (Å²) in [5.74, 6) is 1.42. The van der Waals surface area contributed by atoms with E-state index in [9.17, 15) is 19.5 Å². The van der Waals surface area contributed by atoms with E-state index >= 15 is 0 Å². The maximum absolute atomic E-state index is 13.9. The van der Waals surface area contributed by atoms with Gasteiger partial charge in [-0.15, -0.1) is 0 Å². The summed E-state index contributed by atoms with van der Waals surface area (Å²) in [4.78, 5) is 38.0. The fraction of sp³-hybridized carbons (Fsp3) is 0.861. The van der Waals surface area contributed by atoms with Crippen molar-refractivity contribution in [1.82, 2.24) is 5.32 Å². The third-order valence-electron chi connectivity index (χ3n) is 14.6. The van der Waals surface area contributed by atoms with Crippen molar-refractivity contribution in [2.45, 2.75) is 119 Å². The second-order valence-electron chi connectivity index (χ2n) is 16.2. The number of rotatable bonds is 7. The number of aliphatic hydroxyl groups excluding tert-OH is 1. The van der Waals surface area contributed by atoms with Gasteiger partial charge in [-0.05, 0) is 117 Å². The molecule has 0 aromatic rings. The average Bonchev–Trinajstić information content (AvgIpc) is 3.34. The number of fused-ring (bicyclic) bond motifs is 7. The molecule has 0 aromatic heterocycles. The summed E-state index contributed by atoms with van der Waals surface area (Å²) in [7, 11) is 0. The van der Waals surface area contributed by atoms with E-state index in [2.05, 4.69) is 46.5 Å². The highest BCUT2D eigenvalue weighted by Gasteiger charge is 2.72. The van der Waals surface area contributed by atoms with Crippen molar-refractivity contribution in [2.24, 2.45) is 56.7 Å². The largest absolute Gasteiger partial charge is 0.465 e. The van der Waals surface area contributed by atoms with Crippen LogP contribution in [0.4, 0.5) is 0 Å². The maximum Gasteiger partial charge on any atom is 0.302 e. The van der Waals surface area contributed by atoms with E-state index in [0.29, 0.717) is 24.3 Å². The molecule has 242 valence electrons. The number of amides is 1. The highest BCUT2D eigenvalue weighted by molar-refractivity contribution is 5.84. The Morgan fingerprint density at radius 3 is 2.19 bits per heavy atom. The second-order valence-corrected chi connectivity index (χ2v) is 16.2. The first-order chi connectivity index (χ1) is 20.1. The van der Waals surface area contributed by atoms with Crippen LogP contribution in [0.2, 0.25) is 0 Å². The number of ether oxygens (including phenoxy) is 2. The van der Waals surface area contributed by atoms with Crippen LogP contribution in [0.25, 0.3) is 0 Å². The topological polar surface area (TPSA) is 102 Å². The van der Waals surface area contributed by atoms with Gasteiger partial charge in [0.1, 0.15) is 12.7 Å². The zero-order chi connectivity index (χ0) is 31.6. The summed E-state index contributed by atoms with van der Waals surface area (Å²) in [5.41, 5.74) is 0.618. The number of carbonyl (C=O) groups is 3. The predicted octanol–water partition coefficient (Wildman–Crippen LogP) is 6.23. The lowest BCUT2D eigenvalue weighted by Crippen LogP contribution is -2.68. The van der Waals surface area contributed by atoms with Gasteiger partial charge in [-0.1, -0.05) is 39.8 Å². The van der Waals surface area contributed by atoms with Gasteiger partial charge < -0.3 is 19.9 Å². The Labute approximate surface area is 259 Å². The van der Waals surface area contributed by atoms with Crippen LogP contribution in [-0.4, -0.2) is 48.8 Å². The number of nitrogens with one attached hydrogen (secondary N) is 1. The van der Waals surface area contributed by atoms with Gasteiger partial charge in [0.15, 0.2) is 0 Å². The minimum atomic E-state index is -0.438. The summed E-state index contributed by atoms with van der Waals surface area (Å²) in [6.45, 7) is 19.9. The van der Waals surface area contributed by atoms with Gasteiger partial charge in [-0.3, -0.25) is 14.4 Å². The number of hydrogen-bond donors (Lipinski definition) is 2. The van der Waals surface area contributed by atoms with E-state index in [4.69, 9.17) is 9.47 Å². The lowest BCUT2D eigenvalue weighted by Gasteiger charge is -2.73. The number of aliphatic hydroxyl groups is 1. The lowest BCUT2D eigenvalue weighted by molar-refractivity contribution is -0.256. The molecule has 0 heterocycles. The molecular weight excluding hydrogens is 542 g/mol. The van der Waals surface area contributed by atoms with Crippen LogP contribution in [0.5, 0.6) is 0 Å². The molecule has 0 bridgehead atoms. The molecule has 0 saturated heterocycles. The van der Waals surface area contributed by atoms with Crippen molar-refractivity contribution >= 4 is 17.8 Å². The van der Waals surface area contributed by atoms with Crippen molar-refractivity contribution in [3.63, 3.8) is 0 Å². The lowest BCUT2D eigenvalue weighted by atomic mass is 9.32. The Bertz CT molecular complexity index is 1150. The fourth-order valence-corrected chi connectivity index (χ4v) is 12.5. The Morgan fingerprint density at radius 1 is 0.837 bits per heavy atom. The molecule has 7 nitrogen and oxygen atoms in total. The van der Waals surface area contributed by atoms with Gasteiger partial charge in [-0.25, -0.2) is 0 Å². The van der Waals surface area contributed by atoms with Crippen LogP contribution in [0.1, 0.15) is 113 Å². The van der Waals surface area contributed by atoms with E-state index in [1.54, 1.807) is 0 Å². The molecule has 2 unspecified atom stereocenters. The third kappa shape index (κ3) is 4.72. The van der Waals surface area contributed by atoms with Gasteiger partial charge in [0.05, 0.1) is 12.0 Å². The van der Waals surface area contributed by atoms with Crippen molar-refractivity contribution in [2.75, 3.05) is 19.8 Å². The van der Waals surface area contributed by atoms with Crippen LogP contribution >= 0.6 is 0 Å². The molecule has 5 saturated carbocycles. The Morgan fingerprint density at radius 2 is 1.56 bits per heavy atom. The molecule has 5 aliphatic rings. The minimum Gasteiger partial charge on any atom is -0.465 e. The molecular formula is C36H57NO6. The summed E-state index contributed by atoms with van der Waals surface area (Å²) in [6, 6.07) is 0. The maximum atomic E-state index is 13.9. The Balaban J connectivity index is 1.51. The normalized spacial score (nSPS) is 46.8. The van der Waals surface area contributed by atoms with Gasteiger partial charge in [-0.2, -0.15) is 0 Å². The summed E-state index contributed by atoms with van der Waals surface area (Å²) in [5, 5.41) is 12.6. The molecule has 7 heteroatoms. The fourth-order valence-electron chi connectivity index (χ4n) is 12.5. The van der Waals surface area contributed by atoms with Crippen molar-refractivity contribution < 1.29 is 29.0 Å². The third-order valence-corrected chi connectivity index (χ3v) is 14.6. The molecule has 2 N–H and O–H groups in total. The molecule has 1 amide bonds. The average molecular weight is 600 g/mol. The molecule has 43 heavy (non-hydrogen) atoms. The first-order valence-electron chi connectivity index (χ1n) is 17.0. The molecule has 5 aliphatic carbocycles. The number of hydrogen-bond acceptors (Lipinski definition) is 6. The van der Waals surface area contributed by atoms with Crippen molar-refractivity contribution in [3.8, 4) is 0 Å². The van der Waals surface area contributed by atoms with Crippen molar-refractivity contribution in [3.05, 3.63) is 12.2 Å². The number of allylic oxidation sites excluding steroid dienone is 1. The summed E-state index contributed by atoms with van der Waals surface area (Å²) >= 11 is 0. The van der Waals surface area contributed by atoms with E-state index in [0.717, 1.165) is 64.2 Å². The van der Waals surface area contributed by atoms with E-state index in [-0.39, 0.29) is 70.7 Å². The molecule has 5 fully saturated rings. The van der Waals surface area contributed by atoms with Gasteiger partial charge in [0, 0.05) is 25.8 Å². The van der Waals surface area contributed by atoms with Crippen LogP contribution in [0.15, 0.2) is 12.2 Å². The highest BCUT2D eigenvalue weighted by atomic mass is 16.6. The first-order valence-corrected chi connectivity index (χ1v) is 17.0. The van der Waals surface area contributed by atoms with Crippen LogP contribution in [0, 0.1) is 56.7 Å². The first kappa shape index (κ1) is 32.5. The van der Waals surface area contributed by atoms with E-state index in [1.165, 1.54) is 19.4 Å². The van der Waals surface area contributed by atoms with Gasteiger partial charge >= 0.3 is 11.9 Å². The molecule has 0 aromatic carbocycles. The van der Waals surface area contributed by atoms with E-state index in [1.807, 2.05) is 0 Å². The summed E-state index contributed by atoms with van der Waals surface area (Å²) < 4.78 is 11.7. The second kappa shape index (κ2) is 11.2. The van der Waals surface area contributed by atoms with Crippen LogP contribution in [0.3, 0.4) is 0 Å². The zero-order valence-electron chi connectivity index (χ0n) is 27.9. The molecule has 0 spiro atoms. The smallest absolute Gasteiger partial charge is 0.302 e. The van der Waals surface area contributed by atoms with Gasteiger partial charge in [0.25, 0.3) is 0 Å². The van der Waals surface area contributed by atoms with Crippen LogP contribution < -0.4 is 5.32 Å². The number of carbonyl (C=O) groups excluding carboxylic acids is 3. The quantitative estimate of drug-likeness (QED) is 0.266. The standard InChI is InChI=1S/C36H57NO6/c1-22(2)25-11-16-36(31(41)37-19-20-38)18-17-34(7)26(30(25)36)9-10-28-32(5)14-13-29(43-24(4)40)33(6,21-42-23(3)39)27(32)12-15-35(28,34)8/h25-30,38H,1,9-21H2,2-8H3,(H,37,41)/t25-,26?,27+,28+,29?,30+,32-,33-,34+,35+,36-/m0/s1. The monoisotopic (exact) mass is 599 g/mol.